The second-order valence-corrected chi connectivity index (χ2v) is 8.11. The van der Waals surface area contributed by atoms with Gasteiger partial charge < -0.3 is 15.0 Å². The number of likely N-dealkylation sites (tertiary alicyclic amines) is 1. The summed E-state index contributed by atoms with van der Waals surface area (Å²) < 4.78 is 18.8. The maximum Gasteiger partial charge on any atom is 0.325 e. The minimum Gasteiger partial charge on any atom is -0.494 e. The first kappa shape index (κ1) is 21.1. The molecule has 9 heteroatoms. The van der Waals surface area contributed by atoms with Crippen LogP contribution in [-0.4, -0.2) is 53.4 Å². The quantitative estimate of drug-likeness (QED) is 0.733. The van der Waals surface area contributed by atoms with Gasteiger partial charge in [-0.1, -0.05) is 23.7 Å². The molecule has 0 atom stereocenters. The van der Waals surface area contributed by atoms with E-state index >= 15 is 0 Å². The summed E-state index contributed by atoms with van der Waals surface area (Å²) >= 11 is 6.00. The molecule has 0 aliphatic carbocycles. The number of ether oxygens (including phenoxy) is 1. The summed E-state index contributed by atoms with van der Waals surface area (Å²) in [5.74, 6) is -1.19. The molecule has 4 amide bonds. The van der Waals surface area contributed by atoms with Crippen molar-refractivity contribution >= 4 is 29.4 Å². The topological polar surface area (TPSA) is 79.0 Å². The van der Waals surface area contributed by atoms with Crippen LogP contribution in [0.4, 0.5) is 9.18 Å². The number of methoxy groups -OCH3 is 1. The largest absolute Gasteiger partial charge is 0.494 e. The average Bonchev–Trinajstić information content (AvgIpc) is 2.98. The van der Waals surface area contributed by atoms with E-state index in [-0.39, 0.29) is 55.6 Å². The highest BCUT2D eigenvalue weighted by molar-refractivity contribution is 6.30. The van der Waals surface area contributed by atoms with E-state index in [0.29, 0.717) is 5.02 Å². The molecule has 2 aromatic carbocycles. The average molecular weight is 446 g/mol. The summed E-state index contributed by atoms with van der Waals surface area (Å²) in [6.45, 7) is 0.660. The monoisotopic (exact) mass is 445 g/mol. The van der Waals surface area contributed by atoms with Gasteiger partial charge in [-0.25, -0.2) is 9.18 Å². The lowest BCUT2D eigenvalue weighted by molar-refractivity contribution is -0.133. The smallest absolute Gasteiger partial charge is 0.325 e. The molecule has 1 N–H and O–H groups in total. The highest BCUT2D eigenvalue weighted by Gasteiger charge is 2.52. The lowest BCUT2D eigenvalue weighted by Gasteiger charge is -2.37. The van der Waals surface area contributed by atoms with Crippen LogP contribution in [0, 0.1) is 5.82 Å². The van der Waals surface area contributed by atoms with Gasteiger partial charge in [0.15, 0.2) is 11.6 Å². The van der Waals surface area contributed by atoms with E-state index in [0.717, 1.165) is 11.6 Å². The van der Waals surface area contributed by atoms with E-state index in [4.69, 9.17) is 16.3 Å². The number of urea groups is 1. The van der Waals surface area contributed by atoms with Crippen LogP contribution in [0.2, 0.25) is 5.02 Å². The van der Waals surface area contributed by atoms with E-state index in [2.05, 4.69) is 5.32 Å². The Hall–Kier alpha value is -3.13. The predicted octanol–water partition coefficient (Wildman–Crippen LogP) is 3.21. The number of nitrogens with one attached hydrogen (secondary N) is 1. The zero-order chi connectivity index (χ0) is 22.2. The third-order valence-corrected chi connectivity index (χ3v) is 6.01. The third kappa shape index (κ3) is 3.95. The molecule has 2 aliphatic rings. The van der Waals surface area contributed by atoms with Crippen molar-refractivity contribution in [3.05, 3.63) is 64.4 Å². The summed E-state index contributed by atoms with van der Waals surface area (Å²) in [6, 6.07) is 10.6. The summed E-state index contributed by atoms with van der Waals surface area (Å²) in [7, 11) is 1.35. The molecule has 2 saturated heterocycles. The van der Waals surface area contributed by atoms with Crippen LogP contribution in [-0.2, 0) is 11.3 Å². The van der Waals surface area contributed by atoms with Gasteiger partial charge >= 0.3 is 6.03 Å². The third-order valence-electron chi connectivity index (χ3n) is 5.78. The van der Waals surface area contributed by atoms with Crippen molar-refractivity contribution < 1.29 is 23.5 Å². The predicted molar refractivity (Wildman–Crippen MR) is 111 cm³/mol. The molecule has 0 radical (unpaired) electrons. The molecule has 2 fully saturated rings. The number of carbonyl (C=O) groups excluding carboxylic acids is 3. The Morgan fingerprint density at radius 2 is 1.94 bits per heavy atom. The van der Waals surface area contributed by atoms with Gasteiger partial charge in [-0.2, -0.15) is 0 Å². The zero-order valence-electron chi connectivity index (χ0n) is 16.9. The molecule has 2 aromatic rings. The lowest BCUT2D eigenvalue weighted by atomic mass is 9.87. The Labute approximate surface area is 183 Å². The molecule has 0 unspecified atom stereocenters. The maximum absolute atomic E-state index is 14.0. The summed E-state index contributed by atoms with van der Waals surface area (Å²) in [4.78, 5) is 41.1. The van der Waals surface area contributed by atoms with Crippen LogP contribution < -0.4 is 10.1 Å². The first-order chi connectivity index (χ1) is 14.8. The Kier molecular flexibility index (Phi) is 5.58. The second kappa shape index (κ2) is 8.19. The van der Waals surface area contributed by atoms with Crippen LogP contribution in [0.25, 0.3) is 0 Å². The van der Waals surface area contributed by atoms with Gasteiger partial charge in [0.05, 0.1) is 13.7 Å². The number of carbonyl (C=O) groups is 3. The van der Waals surface area contributed by atoms with Gasteiger partial charge in [0.2, 0.25) is 0 Å². The normalized spacial score (nSPS) is 17.8. The molecule has 0 saturated carbocycles. The minimum absolute atomic E-state index is 0.0632. The van der Waals surface area contributed by atoms with Crippen molar-refractivity contribution in [1.82, 2.24) is 15.1 Å². The van der Waals surface area contributed by atoms with Gasteiger partial charge in [0, 0.05) is 23.7 Å². The number of halogens is 2. The van der Waals surface area contributed by atoms with Gasteiger partial charge in [-0.15, -0.1) is 0 Å². The number of rotatable bonds is 4. The van der Waals surface area contributed by atoms with E-state index in [9.17, 15) is 18.8 Å². The van der Waals surface area contributed by atoms with Crippen molar-refractivity contribution in [2.45, 2.75) is 24.9 Å². The lowest BCUT2D eigenvalue weighted by Crippen LogP contribution is -2.55. The molecule has 1 spiro atoms. The number of piperidine rings is 1. The summed E-state index contributed by atoms with van der Waals surface area (Å²) in [5, 5.41) is 3.35. The summed E-state index contributed by atoms with van der Waals surface area (Å²) in [5.41, 5.74) is -0.0711. The van der Waals surface area contributed by atoms with E-state index in [1.807, 2.05) is 0 Å². The molecule has 0 bridgehead atoms. The highest BCUT2D eigenvalue weighted by Crippen LogP contribution is 2.31. The second-order valence-electron chi connectivity index (χ2n) is 7.68. The van der Waals surface area contributed by atoms with Crippen LogP contribution in [0.3, 0.4) is 0 Å². The fourth-order valence-corrected chi connectivity index (χ4v) is 4.26. The Morgan fingerprint density at radius 3 is 2.58 bits per heavy atom. The molecule has 31 heavy (non-hydrogen) atoms. The van der Waals surface area contributed by atoms with Crippen LogP contribution in [0.1, 0.15) is 28.8 Å². The van der Waals surface area contributed by atoms with Crippen molar-refractivity contribution in [3.63, 3.8) is 0 Å². The number of benzene rings is 2. The Bertz CT molecular complexity index is 1050. The van der Waals surface area contributed by atoms with Crippen LogP contribution in [0.5, 0.6) is 5.75 Å². The zero-order valence-corrected chi connectivity index (χ0v) is 17.6. The summed E-state index contributed by atoms with van der Waals surface area (Å²) in [6.07, 6.45) is 0.571. The molecular formula is C22H21ClFN3O4. The fraction of sp³-hybridized carbons (Fsp3) is 0.318. The fourth-order valence-electron chi connectivity index (χ4n) is 4.05. The number of imide groups is 1. The SMILES string of the molecule is COc1ccc(C(=O)N2CCC3(CC2)NC(=O)N(Cc2cccc(Cl)c2)C3=O)cc1F. The first-order valence-electron chi connectivity index (χ1n) is 9.84. The number of nitrogens with zero attached hydrogens (tertiary/aromatic N) is 2. The van der Waals surface area contributed by atoms with Crippen molar-refractivity contribution in [2.75, 3.05) is 20.2 Å². The molecule has 162 valence electrons. The van der Waals surface area contributed by atoms with E-state index in [1.165, 1.54) is 24.1 Å². The highest BCUT2D eigenvalue weighted by atomic mass is 35.5. The molecule has 4 rings (SSSR count). The minimum atomic E-state index is -1.03. The first-order valence-corrected chi connectivity index (χ1v) is 10.2. The Balaban J connectivity index is 1.43. The molecule has 7 nitrogen and oxygen atoms in total. The van der Waals surface area contributed by atoms with Gasteiger partial charge in [0.1, 0.15) is 5.54 Å². The number of amides is 4. The Morgan fingerprint density at radius 1 is 1.19 bits per heavy atom. The maximum atomic E-state index is 14.0. The standard InChI is InChI=1S/C22H21ClFN3O4/c1-31-18-6-5-15(12-17(18)24)19(28)26-9-7-22(8-10-26)20(29)27(21(30)25-22)13-14-3-2-4-16(23)11-14/h2-6,11-12H,7-10,13H2,1H3,(H,25,30). The van der Waals surface area contributed by atoms with Gasteiger partial charge in [-0.05, 0) is 48.7 Å². The van der Waals surface area contributed by atoms with Crippen molar-refractivity contribution in [2.24, 2.45) is 0 Å². The molecule has 2 heterocycles. The van der Waals surface area contributed by atoms with Crippen LogP contribution >= 0.6 is 11.6 Å². The van der Waals surface area contributed by atoms with E-state index in [1.54, 1.807) is 29.2 Å². The molecular weight excluding hydrogens is 425 g/mol. The van der Waals surface area contributed by atoms with Crippen molar-refractivity contribution in [1.29, 1.82) is 0 Å². The van der Waals surface area contributed by atoms with Crippen LogP contribution in [0.15, 0.2) is 42.5 Å². The van der Waals surface area contributed by atoms with Gasteiger partial charge in [0.25, 0.3) is 11.8 Å². The molecule has 0 aromatic heterocycles. The van der Waals surface area contributed by atoms with Crippen molar-refractivity contribution in [3.8, 4) is 5.75 Å². The molecule has 2 aliphatic heterocycles. The number of hydrogen-bond donors (Lipinski definition) is 1. The number of hydrogen-bond acceptors (Lipinski definition) is 4. The van der Waals surface area contributed by atoms with E-state index < -0.39 is 17.4 Å². The van der Waals surface area contributed by atoms with Gasteiger partial charge in [-0.3, -0.25) is 14.5 Å².